The number of hydrogen-bond donors (Lipinski definition) is 1. The van der Waals surface area contributed by atoms with Crippen molar-refractivity contribution in [3.8, 4) is 0 Å². The molecule has 2 amide bonds. The number of aryl methyl sites for hydroxylation is 1. The van der Waals surface area contributed by atoms with Crippen LogP contribution in [0.4, 0.5) is 5.69 Å². The van der Waals surface area contributed by atoms with Gasteiger partial charge in [-0.3, -0.25) is 19.8 Å². The molecule has 0 spiro atoms. The Morgan fingerprint density at radius 3 is 2.58 bits per heavy atom. The number of thiocarbonyl (C=S) groups is 1. The molecule has 1 aromatic heterocycles. The summed E-state index contributed by atoms with van der Waals surface area (Å²) < 4.78 is 0.908. The molecule has 7 heteroatoms. The lowest BCUT2D eigenvalue weighted by Crippen LogP contribution is -2.54. The van der Waals surface area contributed by atoms with Gasteiger partial charge in [0.15, 0.2) is 5.11 Å². The minimum absolute atomic E-state index is 0.0671. The first-order valence-electron chi connectivity index (χ1n) is 7.24. The van der Waals surface area contributed by atoms with Gasteiger partial charge >= 0.3 is 0 Å². The highest BCUT2D eigenvalue weighted by Crippen LogP contribution is 2.26. The van der Waals surface area contributed by atoms with Crippen LogP contribution in [0, 0.1) is 0 Å². The highest BCUT2D eigenvalue weighted by molar-refractivity contribution is 9.10. The number of thiophene rings is 1. The highest BCUT2D eigenvalue weighted by atomic mass is 79.9. The smallest absolute Gasteiger partial charge is 0.270 e. The van der Waals surface area contributed by atoms with E-state index in [4.69, 9.17) is 12.2 Å². The third-order valence-corrected chi connectivity index (χ3v) is 5.50. The summed E-state index contributed by atoms with van der Waals surface area (Å²) in [6.45, 7) is 2.06. The molecule has 0 unspecified atom stereocenters. The maximum atomic E-state index is 12.8. The van der Waals surface area contributed by atoms with Gasteiger partial charge in [0.2, 0.25) is 0 Å². The van der Waals surface area contributed by atoms with Crippen molar-refractivity contribution in [1.29, 1.82) is 0 Å². The molecule has 1 aliphatic heterocycles. The first kappa shape index (κ1) is 17.0. The van der Waals surface area contributed by atoms with Gasteiger partial charge in [-0.2, -0.15) is 0 Å². The second-order valence-corrected chi connectivity index (χ2v) is 7.39. The van der Waals surface area contributed by atoms with E-state index in [1.54, 1.807) is 6.08 Å². The Morgan fingerprint density at radius 1 is 1.29 bits per heavy atom. The second kappa shape index (κ2) is 6.96. The molecule has 3 rings (SSSR count). The molecule has 2 heterocycles. The zero-order valence-electron chi connectivity index (χ0n) is 12.7. The van der Waals surface area contributed by atoms with Crippen LogP contribution in [0.15, 0.2) is 45.8 Å². The molecular weight excluding hydrogens is 408 g/mol. The standard InChI is InChI=1S/C17H13BrN2O2S2/c1-2-10-3-5-12(6-4-10)20-16(22)14(15(21)19-17(20)23)8-13-7-11(18)9-24-13/h3-9H,2H2,1H3,(H,19,21,23)/b14-8+. The second-order valence-electron chi connectivity index (χ2n) is 5.15. The molecule has 0 bridgehead atoms. The summed E-state index contributed by atoms with van der Waals surface area (Å²) in [5.41, 5.74) is 1.87. The Balaban J connectivity index is 1.97. The fraction of sp³-hybridized carbons (Fsp3) is 0.118. The lowest BCUT2D eigenvalue weighted by molar-refractivity contribution is -0.122. The van der Waals surface area contributed by atoms with E-state index in [-0.39, 0.29) is 10.7 Å². The van der Waals surface area contributed by atoms with Crippen LogP contribution in [0.2, 0.25) is 0 Å². The van der Waals surface area contributed by atoms with Crippen molar-refractivity contribution in [3.05, 3.63) is 56.2 Å². The summed E-state index contributed by atoms with van der Waals surface area (Å²) >= 11 is 9.99. The van der Waals surface area contributed by atoms with Crippen molar-refractivity contribution in [3.63, 3.8) is 0 Å². The van der Waals surface area contributed by atoms with Crippen molar-refractivity contribution in [1.82, 2.24) is 5.32 Å². The van der Waals surface area contributed by atoms with E-state index >= 15 is 0 Å². The molecule has 1 fully saturated rings. The number of anilines is 1. The number of nitrogens with zero attached hydrogens (tertiary/aromatic N) is 1. The maximum absolute atomic E-state index is 12.8. The van der Waals surface area contributed by atoms with Crippen LogP contribution in [0.5, 0.6) is 0 Å². The van der Waals surface area contributed by atoms with Gasteiger partial charge in [-0.1, -0.05) is 19.1 Å². The first-order valence-corrected chi connectivity index (χ1v) is 9.32. The maximum Gasteiger partial charge on any atom is 0.270 e. The van der Waals surface area contributed by atoms with E-state index < -0.39 is 11.8 Å². The summed E-state index contributed by atoms with van der Waals surface area (Å²) in [5.74, 6) is -0.895. The molecule has 0 atom stereocenters. The van der Waals surface area contributed by atoms with Gasteiger partial charge in [0, 0.05) is 14.7 Å². The van der Waals surface area contributed by atoms with Crippen LogP contribution < -0.4 is 10.2 Å². The normalized spacial score (nSPS) is 16.7. The molecule has 1 saturated heterocycles. The Hall–Kier alpha value is -1.83. The summed E-state index contributed by atoms with van der Waals surface area (Å²) in [7, 11) is 0. The van der Waals surface area contributed by atoms with Gasteiger partial charge in [0.25, 0.3) is 11.8 Å². The molecule has 0 saturated carbocycles. The quantitative estimate of drug-likeness (QED) is 0.465. The molecule has 1 aromatic carbocycles. The number of halogens is 1. The molecule has 0 aliphatic carbocycles. The van der Waals surface area contributed by atoms with E-state index in [0.29, 0.717) is 5.69 Å². The van der Waals surface area contributed by atoms with Crippen LogP contribution in [0.3, 0.4) is 0 Å². The molecule has 24 heavy (non-hydrogen) atoms. The summed E-state index contributed by atoms with van der Waals surface area (Å²) in [6.07, 6.45) is 2.50. The number of hydrogen-bond acceptors (Lipinski definition) is 4. The molecule has 1 N–H and O–H groups in total. The average Bonchev–Trinajstić information content (AvgIpc) is 2.97. The van der Waals surface area contributed by atoms with Crippen molar-refractivity contribution in [2.24, 2.45) is 0 Å². The van der Waals surface area contributed by atoms with Crippen molar-refractivity contribution in [2.45, 2.75) is 13.3 Å². The summed E-state index contributed by atoms with van der Waals surface area (Å²) in [5, 5.41) is 4.57. The number of nitrogens with one attached hydrogen (secondary N) is 1. The van der Waals surface area contributed by atoms with Crippen LogP contribution in [-0.4, -0.2) is 16.9 Å². The van der Waals surface area contributed by atoms with Crippen LogP contribution in [0.1, 0.15) is 17.4 Å². The predicted octanol–water partition coefficient (Wildman–Crippen LogP) is 3.90. The molecule has 2 aromatic rings. The van der Waals surface area contributed by atoms with E-state index in [1.807, 2.05) is 35.7 Å². The molecule has 1 aliphatic rings. The average molecular weight is 421 g/mol. The first-order chi connectivity index (χ1) is 11.5. The van der Waals surface area contributed by atoms with Gasteiger partial charge in [-0.25, -0.2) is 0 Å². The van der Waals surface area contributed by atoms with E-state index in [2.05, 4.69) is 28.2 Å². The SMILES string of the molecule is CCc1ccc(N2C(=O)/C(=C/c3cc(Br)cs3)C(=O)NC2=S)cc1. The highest BCUT2D eigenvalue weighted by Gasteiger charge is 2.34. The van der Waals surface area contributed by atoms with Crippen LogP contribution in [0.25, 0.3) is 6.08 Å². The van der Waals surface area contributed by atoms with Gasteiger partial charge in [-0.15, -0.1) is 11.3 Å². The molecular formula is C17H13BrN2O2S2. The van der Waals surface area contributed by atoms with Crippen molar-refractivity contribution < 1.29 is 9.59 Å². The summed E-state index contributed by atoms with van der Waals surface area (Å²) in [4.78, 5) is 27.2. The zero-order valence-corrected chi connectivity index (χ0v) is 15.9. The molecule has 122 valence electrons. The number of amides is 2. The van der Waals surface area contributed by atoms with Gasteiger partial charge in [-0.05, 0) is 64.4 Å². The predicted molar refractivity (Wildman–Crippen MR) is 104 cm³/mol. The van der Waals surface area contributed by atoms with Gasteiger partial charge in [0.1, 0.15) is 5.57 Å². The third-order valence-electron chi connectivity index (χ3n) is 3.58. The van der Waals surface area contributed by atoms with Crippen LogP contribution >= 0.6 is 39.5 Å². The van der Waals surface area contributed by atoms with Crippen molar-refractivity contribution >= 4 is 68.2 Å². The Bertz CT molecular complexity index is 856. The Morgan fingerprint density at radius 2 is 2.00 bits per heavy atom. The monoisotopic (exact) mass is 420 g/mol. The number of rotatable bonds is 3. The van der Waals surface area contributed by atoms with E-state index in [1.165, 1.54) is 16.2 Å². The largest absolute Gasteiger partial charge is 0.298 e. The lowest BCUT2D eigenvalue weighted by atomic mass is 10.1. The minimum atomic E-state index is -0.476. The van der Waals surface area contributed by atoms with E-state index in [0.717, 1.165) is 21.3 Å². The molecule has 4 nitrogen and oxygen atoms in total. The Labute approximate surface area is 157 Å². The zero-order chi connectivity index (χ0) is 17.3. The number of carbonyl (C=O) groups excluding carboxylic acids is 2. The fourth-order valence-corrected chi connectivity index (χ4v) is 3.98. The topological polar surface area (TPSA) is 49.4 Å². The number of benzene rings is 1. The minimum Gasteiger partial charge on any atom is -0.298 e. The van der Waals surface area contributed by atoms with Crippen molar-refractivity contribution in [2.75, 3.05) is 4.90 Å². The third kappa shape index (κ3) is 3.33. The fourth-order valence-electron chi connectivity index (χ4n) is 2.32. The summed E-state index contributed by atoms with van der Waals surface area (Å²) in [6, 6.07) is 9.41. The van der Waals surface area contributed by atoms with Gasteiger partial charge in [0.05, 0.1) is 5.69 Å². The number of carbonyl (C=O) groups is 2. The Kier molecular flexibility index (Phi) is 4.93. The molecule has 0 radical (unpaired) electrons. The van der Waals surface area contributed by atoms with Gasteiger partial charge < -0.3 is 0 Å². The van der Waals surface area contributed by atoms with Crippen LogP contribution in [-0.2, 0) is 16.0 Å². The lowest BCUT2D eigenvalue weighted by Gasteiger charge is -2.29. The van der Waals surface area contributed by atoms with E-state index in [9.17, 15) is 9.59 Å².